The van der Waals surface area contributed by atoms with Gasteiger partial charge in [-0.1, -0.05) is 26.2 Å². The van der Waals surface area contributed by atoms with Gasteiger partial charge in [-0.3, -0.25) is 0 Å². The zero-order valence-electron chi connectivity index (χ0n) is 10.7. The largest absolute Gasteiger partial charge is 0.395 e. The number of hydrogen-bond donors (Lipinski definition) is 2. The minimum absolute atomic E-state index is 0.126. The van der Waals surface area contributed by atoms with Gasteiger partial charge in [0.05, 0.1) is 19.3 Å². The number of nitrogens with zero attached hydrogens (tertiary/aromatic N) is 1. The lowest BCUT2D eigenvalue weighted by Crippen LogP contribution is -2.33. The number of ether oxygens (including phenoxy) is 1. The molecular weight excluding hydrogens is 206 g/mol. The van der Waals surface area contributed by atoms with Crippen molar-refractivity contribution in [2.45, 2.75) is 38.7 Å². The highest BCUT2D eigenvalue weighted by Gasteiger charge is 2.07. The number of likely N-dealkylation sites (N-methyl/N-ethyl adjacent to an activating group) is 1. The van der Waals surface area contributed by atoms with Gasteiger partial charge >= 0.3 is 0 Å². The number of unbranched alkanes of at least 4 members (excludes halogenated alkanes) is 3. The third kappa shape index (κ3) is 10.4. The van der Waals surface area contributed by atoms with Crippen molar-refractivity contribution in [2.75, 3.05) is 40.0 Å². The molecule has 0 aliphatic rings. The Bertz CT molecular complexity index is 144. The quantitative estimate of drug-likeness (QED) is 0.520. The minimum Gasteiger partial charge on any atom is -0.395 e. The molecule has 0 rings (SSSR count). The maximum absolute atomic E-state index is 9.60. The second-order valence-electron chi connectivity index (χ2n) is 4.28. The van der Waals surface area contributed by atoms with Crippen LogP contribution in [0.2, 0.25) is 0 Å². The van der Waals surface area contributed by atoms with Crippen molar-refractivity contribution in [1.82, 2.24) is 4.90 Å². The van der Waals surface area contributed by atoms with Gasteiger partial charge in [-0.15, -0.1) is 0 Å². The molecule has 4 nitrogen and oxygen atoms in total. The van der Waals surface area contributed by atoms with E-state index in [0.717, 1.165) is 13.0 Å². The van der Waals surface area contributed by atoms with Crippen LogP contribution in [0.3, 0.4) is 0 Å². The predicted octanol–water partition coefficient (Wildman–Crippen LogP) is 0.868. The second-order valence-corrected chi connectivity index (χ2v) is 4.28. The van der Waals surface area contributed by atoms with Crippen molar-refractivity contribution in [2.24, 2.45) is 0 Å². The van der Waals surface area contributed by atoms with Gasteiger partial charge in [-0.05, 0) is 13.5 Å². The molecule has 2 N–H and O–H groups in total. The summed E-state index contributed by atoms with van der Waals surface area (Å²) in [5, 5.41) is 18.3. The van der Waals surface area contributed by atoms with Crippen molar-refractivity contribution in [3.8, 4) is 0 Å². The van der Waals surface area contributed by atoms with Crippen LogP contribution in [0.4, 0.5) is 0 Å². The lowest BCUT2D eigenvalue weighted by Gasteiger charge is -2.19. The van der Waals surface area contributed by atoms with E-state index in [1.807, 2.05) is 11.9 Å². The summed E-state index contributed by atoms with van der Waals surface area (Å²) in [6, 6.07) is 0. The first-order valence-corrected chi connectivity index (χ1v) is 6.26. The molecule has 0 aliphatic heterocycles. The van der Waals surface area contributed by atoms with E-state index < -0.39 is 6.10 Å². The lowest BCUT2D eigenvalue weighted by atomic mass is 10.2. The highest BCUT2D eigenvalue weighted by molar-refractivity contribution is 4.60. The molecule has 0 spiro atoms. The Labute approximate surface area is 99.2 Å². The molecular formula is C12H27NO3. The van der Waals surface area contributed by atoms with Gasteiger partial charge in [0.1, 0.15) is 0 Å². The standard InChI is InChI=1S/C12H27NO3/c1-3-4-5-6-9-16-11-12(15)10-13(2)7-8-14/h12,14-15H,3-11H2,1-2H3. The van der Waals surface area contributed by atoms with Gasteiger partial charge in [0, 0.05) is 19.7 Å². The SMILES string of the molecule is CCCCCCOCC(O)CN(C)CCO. The van der Waals surface area contributed by atoms with Gasteiger partial charge in [-0.25, -0.2) is 0 Å². The van der Waals surface area contributed by atoms with E-state index in [2.05, 4.69) is 6.92 Å². The first-order valence-electron chi connectivity index (χ1n) is 6.26. The van der Waals surface area contributed by atoms with Gasteiger partial charge in [0.15, 0.2) is 0 Å². The molecule has 1 unspecified atom stereocenters. The van der Waals surface area contributed by atoms with Crippen LogP contribution in [0.1, 0.15) is 32.6 Å². The number of rotatable bonds is 11. The Morgan fingerprint density at radius 1 is 1.25 bits per heavy atom. The summed E-state index contributed by atoms with van der Waals surface area (Å²) in [6.07, 6.45) is 4.31. The Hall–Kier alpha value is -0.160. The van der Waals surface area contributed by atoms with Crippen LogP contribution in [-0.2, 0) is 4.74 Å². The van der Waals surface area contributed by atoms with Crippen LogP contribution in [0.5, 0.6) is 0 Å². The fraction of sp³-hybridized carbons (Fsp3) is 1.00. The van der Waals surface area contributed by atoms with Crippen molar-refractivity contribution in [3.05, 3.63) is 0 Å². The van der Waals surface area contributed by atoms with E-state index in [-0.39, 0.29) is 6.61 Å². The summed E-state index contributed by atoms with van der Waals surface area (Å²) in [7, 11) is 1.88. The summed E-state index contributed by atoms with van der Waals surface area (Å²) in [5.41, 5.74) is 0. The lowest BCUT2D eigenvalue weighted by molar-refractivity contribution is 0.0176. The van der Waals surface area contributed by atoms with E-state index in [4.69, 9.17) is 9.84 Å². The van der Waals surface area contributed by atoms with Crippen molar-refractivity contribution in [3.63, 3.8) is 0 Å². The first-order chi connectivity index (χ1) is 7.70. The van der Waals surface area contributed by atoms with Crippen LogP contribution < -0.4 is 0 Å². The molecule has 0 amide bonds. The topological polar surface area (TPSA) is 52.9 Å². The van der Waals surface area contributed by atoms with E-state index >= 15 is 0 Å². The number of aliphatic hydroxyl groups is 2. The highest BCUT2D eigenvalue weighted by atomic mass is 16.5. The van der Waals surface area contributed by atoms with Crippen LogP contribution in [0.25, 0.3) is 0 Å². The van der Waals surface area contributed by atoms with Crippen molar-refractivity contribution < 1.29 is 14.9 Å². The molecule has 0 fully saturated rings. The average Bonchev–Trinajstić information content (AvgIpc) is 2.23. The zero-order chi connectivity index (χ0) is 12.2. The average molecular weight is 233 g/mol. The molecule has 0 aromatic heterocycles. The Morgan fingerprint density at radius 3 is 2.62 bits per heavy atom. The van der Waals surface area contributed by atoms with Crippen LogP contribution in [0.15, 0.2) is 0 Å². The number of hydrogen-bond acceptors (Lipinski definition) is 4. The Kier molecular flexibility index (Phi) is 11.2. The molecule has 1 atom stereocenters. The molecule has 98 valence electrons. The van der Waals surface area contributed by atoms with Gasteiger partial charge in [0.2, 0.25) is 0 Å². The van der Waals surface area contributed by atoms with E-state index in [0.29, 0.717) is 19.7 Å². The van der Waals surface area contributed by atoms with Crippen LogP contribution in [-0.4, -0.2) is 61.2 Å². The molecule has 0 aromatic rings. The first kappa shape index (κ1) is 15.8. The van der Waals surface area contributed by atoms with Gasteiger partial charge in [-0.2, -0.15) is 0 Å². The zero-order valence-corrected chi connectivity index (χ0v) is 10.7. The fourth-order valence-electron chi connectivity index (χ4n) is 1.52. The molecule has 0 saturated carbocycles. The van der Waals surface area contributed by atoms with Gasteiger partial charge < -0.3 is 19.8 Å². The smallest absolute Gasteiger partial charge is 0.0900 e. The minimum atomic E-state index is -0.456. The number of aliphatic hydroxyl groups excluding tert-OH is 2. The van der Waals surface area contributed by atoms with Crippen LogP contribution in [0, 0.1) is 0 Å². The molecule has 0 bridgehead atoms. The fourth-order valence-corrected chi connectivity index (χ4v) is 1.52. The summed E-state index contributed by atoms with van der Waals surface area (Å²) in [5.74, 6) is 0. The van der Waals surface area contributed by atoms with Crippen LogP contribution >= 0.6 is 0 Å². The normalized spacial score (nSPS) is 13.3. The van der Waals surface area contributed by atoms with Gasteiger partial charge in [0.25, 0.3) is 0 Å². The van der Waals surface area contributed by atoms with E-state index in [9.17, 15) is 5.11 Å². The van der Waals surface area contributed by atoms with E-state index in [1.165, 1.54) is 19.3 Å². The maximum Gasteiger partial charge on any atom is 0.0900 e. The summed E-state index contributed by atoms with van der Waals surface area (Å²) in [4.78, 5) is 1.89. The third-order valence-electron chi connectivity index (χ3n) is 2.46. The predicted molar refractivity (Wildman–Crippen MR) is 65.6 cm³/mol. The maximum atomic E-state index is 9.60. The molecule has 0 aromatic carbocycles. The third-order valence-corrected chi connectivity index (χ3v) is 2.46. The highest BCUT2D eigenvalue weighted by Crippen LogP contribution is 1.99. The van der Waals surface area contributed by atoms with Crippen molar-refractivity contribution in [1.29, 1.82) is 0 Å². The monoisotopic (exact) mass is 233 g/mol. The molecule has 0 saturated heterocycles. The Morgan fingerprint density at radius 2 is 2.00 bits per heavy atom. The summed E-state index contributed by atoms with van der Waals surface area (Å²) >= 11 is 0. The molecule has 0 heterocycles. The van der Waals surface area contributed by atoms with E-state index in [1.54, 1.807) is 0 Å². The summed E-state index contributed by atoms with van der Waals surface area (Å²) < 4.78 is 5.38. The second kappa shape index (κ2) is 11.3. The molecule has 0 radical (unpaired) electrons. The Balaban J connectivity index is 3.26. The molecule has 16 heavy (non-hydrogen) atoms. The molecule has 4 heteroatoms. The molecule has 0 aliphatic carbocycles. The van der Waals surface area contributed by atoms with Crippen molar-refractivity contribution >= 4 is 0 Å². The summed E-state index contributed by atoms with van der Waals surface area (Å²) in [6.45, 7) is 4.58.